The van der Waals surface area contributed by atoms with Gasteiger partial charge in [-0.2, -0.15) is 0 Å². The summed E-state index contributed by atoms with van der Waals surface area (Å²) in [6.45, 7) is 0.133. The van der Waals surface area contributed by atoms with Crippen molar-refractivity contribution in [3.63, 3.8) is 0 Å². The normalized spacial score (nSPS) is 13.5. The minimum Gasteiger partial charge on any atom is -0.470 e. The molecule has 23 heavy (non-hydrogen) atoms. The molecule has 2 nitrogen and oxygen atoms in total. The predicted octanol–water partition coefficient (Wildman–Crippen LogP) is 3.04. The van der Waals surface area contributed by atoms with E-state index in [9.17, 15) is 0 Å². The van der Waals surface area contributed by atoms with Gasteiger partial charge in [0.2, 0.25) is 0 Å². The molecule has 3 heterocycles. The fourth-order valence-corrected chi connectivity index (χ4v) is 4.05. The van der Waals surface area contributed by atoms with Crippen LogP contribution in [0.15, 0.2) is 71.1 Å². The van der Waals surface area contributed by atoms with E-state index in [-0.39, 0.29) is 6.71 Å². The minimum atomic E-state index is 0.133. The van der Waals surface area contributed by atoms with Crippen molar-refractivity contribution in [2.75, 3.05) is 0 Å². The number of ether oxygens (including phenoxy) is 1. The van der Waals surface area contributed by atoms with Crippen LogP contribution in [-0.4, -0.2) is 6.71 Å². The largest absolute Gasteiger partial charge is 0.470 e. The molecule has 6 rings (SSSR count). The van der Waals surface area contributed by atoms with Crippen molar-refractivity contribution in [3.05, 3.63) is 66.7 Å². The lowest BCUT2D eigenvalue weighted by Crippen LogP contribution is -2.51. The molecule has 0 amide bonds. The number of furan rings is 1. The maximum absolute atomic E-state index is 6.29. The van der Waals surface area contributed by atoms with Gasteiger partial charge in [-0.15, -0.1) is 0 Å². The van der Waals surface area contributed by atoms with Crippen LogP contribution in [0, 0.1) is 0 Å². The molecule has 0 bridgehead atoms. The Balaban J connectivity index is 1.80. The van der Waals surface area contributed by atoms with E-state index in [2.05, 4.69) is 42.5 Å². The van der Waals surface area contributed by atoms with E-state index in [1.165, 1.54) is 27.4 Å². The summed E-state index contributed by atoms with van der Waals surface area (Å²) in [5.41, 5.74) is 6.89. The van der Waals surface area contributed by atoms with E-state index < -0.39 is 0 Å². The SMILES string of the molecule is c1ccc2c(c1)Oc1cccc3c1B2c1oc2ccccc2c1-3. The summed E-state index contributed by atoms with van der Waals surface area (Å²) in [5, 5.41) is 1.18. The van der Waals surface area contributed by atoms with Gasteiger partial charge in [0, 0.05) is 10.9 Å². The molecule has 106 valence electrons. The third-order valence-corrected chi connectivity index (χ3v) is 4.96. The van der Waals surface area contributed by atoms with Gasteiger partial charge in [0.25, 0.3) is 6.71 Å². The molecule has 1 aromatic heterocycles. The summed E-state index contributed by atoms with van der Waals surface area (Å²) in [6, 6.07) is 22.8. The Labute approximate surface area is 133 Å². The molecule has 0 saturated carbocycles. The van der Waals surface area contributed by atoms with Crippen molar-refractivity contribution < 1.29 is 9.15 Å². The Kier molecular flexibility index (Phi) is 1.96. The van der Waals surface area contributed by atoms with Crippen LogP contribution in [0.4, 0.5) is 0 Å². The molecule has 0 atom stereocenters. The van der Waals surface area contributed by atoms with Crippen LogP contribution in [0.5, 0.6) is 11.5 Å². The molecule has 3 aromatic carbocycles. The van der Waals surface area contributed by atoms with Gasteiger partial charge in [-0.3, -0.25) is 0 Å². The lowest BCUT2D eigenvalue weighted by atomic mass is 9.40. The van der Waals surface area contributed by atoms with Crippen molar-refractivity contribution >= 4 is 34.3 Å². The number of benzene rings is 3. The van der Waals surface area contributed by atoms with E-state index in [0.717, 1.165) is 22.7 Å². The van der Waals surface area contributed by atoms with E-state index in [1.54, 1.807) is 0 Å². The second-order valence-corrected chi connectivity index (χ2v) is 6.13. The number of fused-ring (bicyclic) bond motifs is 7. The Bertz CT molecular complexity index is 1110. The third-order valence-electron chi connectivity index (χ3n) is 4.96. The molecule has 0 saturated heterocycles. The first kappa shape index (κ1) is 11.6. The van der Waals surface area contributed by atoms with Gasteiger partial charge >= 0.3 is 0 Å². The molecule has 4 aromatic rings. The lowest BCUT2D eigenvalue weighted by Gasteiger charge is -2.23. The molecule has 3 heteroatoms. The van der Waals surface area contributed by atoms with Gasteiger partial charge in [-0.1, -0.05) is 48.5 Å². The number of hydrogen-bond acceptors (Lipinski definition) is 2. The first-order valence-electron chi connectivity index (χ1n) is 7.83. The van der Waals surface area contributed by atoms with Crippen LogP contribution in [0.3, 0.4) is 0 Å². The second-order valence-electron chi connectivity index (χ2n) is 6.13. The molecule has 2 aliphatic heterocycles. The molecule has 0 N–H and O–H groups in total. The average Bonchev–Trinajstić information content (AvgIpc) is 3.12. The molecular formula is C20H11BO2. The van der Waals surface area contributed by atoms with Gasteiger partial charge in [-0.05, 0) is 34.7 Å². The Hall–Kier alpha value is -2.94. The smallest absolute Gasteiger partial charge is 0.297 e. The first-order chi connectivity index (χ1) is 11.4. The van der Waals surface area contributed by atoms with E-state index >= 15 is 0 Å². The zero-order valence-corrected chi connectivity index (χ0v) is 12.2. The standard InChI is InChI=1S/C20H11BO2/c1-3-9-15-12(6-1)18-13-7-5-11-17-19(13)21(20(18)23-15)14-8-2-4-10-16(14)22-17/h1-11H. The van der Waals surface area contributed by atoms with E-state index in [0.29, 0.717) is 0 Å². The molecule has 0 aliphatic carbocycles. The minimum absolute atomic E-state index is 0.133. The van der Waals surface area contributed by atoms with E-state index in [1.807, 2.05) is 24.3 Å². The zero-order valence-electron chi connectivity index (χ0n) is 12.2. The molecule has 0 unspecified atom stereocenters. The number of rotatable bonds is 0. The molecule has 2 aliphatic rings. The third kappa shape index (κ3) is 1.31. The lowest BCUT2D eigenvalue weighted by molar-refractivity contribution is 0.487. The molecular weight excluding hydrogens is 283 g/mol. The second kappa shape index (κ2) is 3.88. The zero-order chi connectivity index (χ0) is 15.0. The summed E-state index contributed by atoms with van der Waals surface area (Å²) in [4.78, 5) is 0. The van der Waals surface area contributed by atoms with Crippen molar-refractivity contribution in [1.29, 1.82) is 0 Å². The maximum Gasteiger partial charge on any atom is 0.297 e. The van der Waals surface area contributed by atoms with Crippen molar-refractivity contribution in [1.82, 2.24) is 0 Å². The summed E-state index contributed by atoms with van der Waals surface area (Å²) in [7, 11) is 0. The monoisotopic (exact) mass is 294 g/mol. The molecule has 0 spiro atoms. The van der Waals surface area contributed by atoms with Crippen molar-refractivity contribution in [2.24, 2.45) is 0 Å². The van der Waals surface area contributed by atoms with Crippen LogP contribution in [0.2, 0.25) is 0 Å². The number of hydrogen-bond donors (Lipinski definition) is 0. The van der Waals surface area contributed by atoms with Gasteiger partial charge in [-0.25, -0.2) is 0 Å². The Morgan fingerprint density at radius 2 is 1.57 bits per heavy atom. The highest BCUT2D eigenvalue weighted by Crippen LogP contribution is 2.38. The molecule has 0 fully saturated rings. The fourth-order valence-electron chi connectivity index (χ4n) is 4.05. The van der Waals surface area contributed by atoms with Crippen LogP contribution in [-0.2, 0) is 0 Å². The van der Waals surface area contributed by atoms with Crippen LogP contribution >= 0.6 is 0 Å². The Morgan fingerprint density at radius 3 is 2.57 bits per heavy atom. The number of para-hydroxylation sites is 2. The first-order valence-corrected chi connectivity index (χ1v) is 7.83. The quantitative estimate of drug-likeness (QED) is 0.402. The van der Waals surface area contributed by atoms with Crippen LogP contribution in [0.1, 0.15) is 0 Å². The highest BCUT2D eigenvalue weighted by Gasteiger charge is 2.44. The van der Waals surface area contributed by atoms with Gasteiger partial charge in [0.1, 0.15) is 17.1 Å². The van der Waals surface area contributed by atoms with Crippen molar-refractivity contribution in [2.45, 2.75) is 0 Å². The summed E-state index contributed by atoms with van der Waals surface area (Å²) in [6.07, 6.45) is 0. The van der Waals surface area contributed by atoms with Crippen LogP contribution in [0.25, 0.3) is 22.1 Å². The summed E-state index contributed by atoms with van der Waals surface area (Å²) in [5.74, 6) is 1.87. The van der Waals surface area contributed by atoms with Crippen molar-refractivity contribution in [3.8, 4) is 22.6 Å². The fraction of sp³-hybridized carbons (Fsp3) is 0. The van der Waals surface area contributed by atoms with Gasteiger partial charge < -0.3 is 9.15 Å². The van der Waals surface area contributed by atoms with Crippen LogP contribution < -0.4 is 21.3 Å². The topological polar surface area (TPSA) is 22.4 Å². The maximum atomic E-state index is 6.29. The highest BCUT2D eigenvalue weighted by molar-refractivity contribution is 7.00. The Morgan fingerprint density at radius 1 is 0.739 bits per heavy atom. The summed E-state index contributed by atoms with van der Waals surface area (Å²) >= 11 is 0. The van der Waals surface area contributed by atoms with E-state index in [4.69, 9.17) is 9.15 Å². The summed E-state index contributed by atoms with van der Waals surface area (Å²) < 4.78 is 12.4. The predicted molar refractivity (Wildman–Crippen MR) is 92.8 cm³/mol. The average molecular weight is 294 g/mol. The highest BCUT2D eigenvalue weighted by atomic mass is 16.5. The van der Waals surface area contributed by atoms with Gasteiger partial charge in [0.15, 0.2) is 0 Å². The molecule has 0 radical (unpaired) electrons. The van der Waals surface area contributed by atoms with Gasteiger partial charge in [0.05, 0.1) is 5.66 Å².